The fraction of sp³-hybridized carbons (Fsp3) is 0.364. The van der Waals surface area contributed by atoms with E-state index in [-0.39, 0.29) is 23.1 Å². The molecule has 1 saturated heterocycles. The predicted octanol–water partition coefficient (Wildman–Crippen LogP) is 2.84. The van der Waals surface area contributed by atoms with E-state index in [2.05, 4.69) is 10.2 Å². The van der Waals surface area contributed by atoms with Crippen molar-refractivity contribution >= 4 is 23.2 Å². The second kappa shape index (κ2) is 9.55. The molecule has 1 heterocycles. The number of benzene rings is 2. The summed E-state index contributed by atoms with van der Waals surface area (Å²) < 4.78 is 13.9. The Morgan fingerprint density at radius 3 is 2.19 bits per heavy atom. The molecule has 1 fully saturated rings. The van der Waals surface area contributed by atoms with Gasteiger partial charge < -0.3 is 15.1 Å². The Morgan fingerprint density at radius 1 is 1.03 bits per heavy atom. The number of halogens is 1. The first-order valence-electron chi connectivity index (χ1n) is 10.1. The third-order valence-corrected chi connectivity index (χ3v) is 5.35. The number of nitrogens with one attached hydrogen (secondary N) is 1. The van der Waals surface area contributed by atoms with Crippen LogP contribution in [0, 0.1) is 21.8 Å². The van der Waals surface area contributed by atoms with Crippen LogP contribution in [0.15, 0.2) is 48.5 Å². The highest BCUT2D eigenvalue weighted by molar-refractivity contribution is 5.97. The minimum absolute atomic E-state index is 0.0305. The van der Waals surface area contributed by atoms with Gasteiger partial charge in [-0.2, -0.15) is 0 Å². The highest BCUT2D eigenvalue weighted by Gasteiger charge is 2.31. The molecule has 31 heavy (non-hydrogen) atoms. The van der Waals surface area contributed by atoms with E-state index in [1.54, 1.807) is 23.1 Å². The molecule has 1 N–H and O–H groups in total. The molecule has 2 aromatic carbocycles. The van der Waals surface area contributed by atoms with Crippen molar-refractivity contribution in [2.24, 2.45) is 5.92 Å². The molecule has 0 saturated carbocycles. The summed E-state index contributed by atoms with van der Waals surface area (Å²) in [5, 5.41) is 13.5. The van der Waals surface area contributed by atoms with Crippen molar-refractivity contribution in [2.75, 3.05) is 31.1 Å². The molecule has 164 valence electrons. The smallest absolute Gasteiger partial charge is 0.269 e. The summed E-state index contributed by atoms with van der Waals surface area (Å²) in [5.74, 6) is -1.62. The lowest BCUT2D eigenvalue weighted by molar-refractivity contribution is -0.384. The van der Waals surface area contributed by atoms with Crippen molar-refractivity contribution in [3.63, 3.8) is 0 Å². The maximum Gasteiger partial charge on any atom is 0.269 e. The van der Waals surface area contributed by atoms with Crippen LogP contribution in [0.5, 0.6) is 0 Å². The fourth-order valence-electron chi connectivity index (χ4n) is 3.54. The van der Waals surface area contributed by atoms with Crippen molar-refractivity contribution in [2.45, 2.75) is 19.9 Å². The summed E-state index contributed by atoms with van der Waals surface area (Å²) in [6.45, 7) is 5.70. The number of nitrogens with zero attached hydrogens (tertiary/aromatic N) is 3. The van der Waals surface area contributed by atoms with Gasteiger partial charge in [0.25, 0.3) is 11.6 Å². The molecule has 0 bridgehead atoms. The van der Waals surface area contributed by atoms with Gasteiger partial charge in [0.15, 0.2) is 0 Å². The van der Waals surface area contributed by atoms with E-state index in [0.717, 1.165) is 5.69 Å². The summed E-state index contributed by atoms with van der Waals surface area (Å²) in [6, 6.07) is 11.2. The second-order valence-corrected chi connectivity index (χ2v) is 7.76. The van der Waals surface area contributed by atoms with Crippen LogP contribution < -0.4 is 10.2 Å². The van der Waals surface area contributed by atoms with Crippen molar-refractivity contribution in [3.8, 4) is 0 Å². The highest BCUT2D eigenvalue weighted by atomic mass is 19.1. The van der Waals surface area contributed by atoms with E-state index in [1.807, 2.05) is 13.8 Å². The molecule has 0 aromatic heterocycles. The van der Waals surface area contributed by atoms with Gasteiger partial charge in [0, 0.05) is 44.0 Å². The number of nitro benzene ring substituents is 1. The van der Waals surface area contributed by atoms with E-state index >= 15 is 0 Å². The molecule has 2 aromatic rings. The van der Waals surface area contributed by atoms with Gasteiger partial charge in [-0.15, -0.1) is 0 Å². The lowest BCUT2D eigenvalue weighted by atomic mass is 10.0. The van der Waals surface area contributed by atoms with Gasteiger partial charge in [-0.25, -0.2) is 4.39 Å². The van der Waals surface area contributed by atoms with Crippen molar-refractivity contribution in [1.82, 2.24) is 10.2 Å². The SMILES string of the molecule is CC(C)[C@H](NC(=O)c1ccccc1F)C(=O)N1CCN(c2ccc([N+](=O)[O-])cc2)CC1. The standard InChI is InChI=1S/C22H25FN4O4/c1-15(2)20(24-21(28)18-5-3-4-6-19(18)23)22(29)26-13-11-25(12-14-26)16-7-9-17(10-8-16)27(30)31/h3-10,15,20H,11-14H2,1-2H3,(H,24,28)/t20-/m0/s1. The van der Waals surface area contributed by atoms with Crippen molar-refractivity contribution in [1.29, 1.82) is 0 Å². The van der Waals surface area contributed by atoms with Gasteiger partial charge in [0.1, 0.15) is 11.9 Å². The Balaban J connectivity index is 1.62. The first kappa shape index (κ1) is 22.2. The fourth-order valence-corrected chi connectivity index (χ4v) is 3.54. The molecule has 0 spiro atoms. The third-order valence-electron chi connectivity index (χ3n) is 5.35. The molecule has 1 atom stereocenters. The molecule has 9 heteroatoms. The number of nitro groups is 1. The molecule has 8 nitrogen and oxygen atoms in total. The van der Waals surface area contributed by atoms with Crippen LogP contribution in [-0.2, 0) is 4.79 Å². The number of anilines is 1. The van der Waals surface area contributed by atoms with E-state index in [9.17, 15) is 24.1 Å². The highest BCUT2D eigenvalue weighted by Crippen LogP contribution is 2.21. The van der Waals surface area contributed by atoms with E-state index in [0.29, 0.717) is 26.2 Å². The topological polar surface area (TPSA) is 95.8 Å². The number of carbonyl (C=O) groups is 2. The minimum Gasteiger partial charge on any atom is -0.368 e. The van der Waals surface area contributed by atoms with E-state index < -0.39 is 22.7 Å². The number of hydrogen-bond donors (Lipinski definition) is 1. The Hall–Kier alpha value is -3.49. The lowest BCUT2D eigenvalue weighted by Gasteiger charge is -2.38. The molecule has 1 aliphatic heterocycles. The van der Waals surface area contributed by atoms with Crippen molar-refractivity contribution in [3.05, 3.63) is 70.0 Å². The third kappa shape index (κ3) is 5.17. The Morgan fingerprint density at radius 2 is 1.65 bits per heavy atom. The quantitative estimate of drug-likeness (QED) is 0.564. The molecule has 0 unspecified atom stereocenters. The number of hydrogen-bond acceptors (Lipinski definition) is 5. The second-order valence-electron chi connectivity index (χ2n) is 7.76. The normalized spacial score (nSPS) is 15.0. The zero-order valence-corrected chi connectivity index (χ0v) is 17.5. The van der Waals surface area contributed by atoms with Crippen LogP contribution in [0.4, 0.5) is 15.8 Å². The van der Waals surface area contributed by atoms with Gasteiger partial charge in [0.05, 0.1) is 10.5 Å². The van der Waals surface area contributed by atoms with Crippen LogP contribution in [0.25, 0.3) is 0 Å². The monoisotopic (exact) mass is 428 g/mol. The summed E-state index contributed by atoms with van der Waals surface area (Å²) in [4.78, 5) is 39.7. The summed E-state index contributed by atoms with van der Waals surface area (Å²) in [7, 11) is 0. The summed E-state index contributed by atoms with van der Waals surface area (Å²) >= 11 is 0. The molecule has 0 aliphatic carbocycles. The van der Waals surface area contributed by atoms with Crippen LogP contribution in [0.2, 0.25) is 0 Å². The Labute approximate surface area is 179 Å². The maximum absolute atomic E-state index is 13.9. The lowest BCUT2D eigenvalue weighted by Crippen LogP contribution is -2.56. The molecule has 3 rings (SSSR count). The summed E-state index contributed by atoms with van der Waals surface area (Å²) in [5.41, 5.74) is 0.790. The average molecular weight is 428 g/mol. The summed E-state index contributed by atoms with van der Waals surface area (Å²) in [6.07, 6.45) is 0. The van der Waals surface area contributed by atoms with Gasteiger partial charge in [-0.3, -0.25) is 19.7 Å². The number of carbonyl (C=O) groups excluding carboxylic acids is 2. The van der Waals surface area contributed by atoms with Gasteiger partial charge in [-0.05, 0) is 30.2 Å². The van der Waals surface area contributed by atoms with Gasteiger partial charge >= 0.3 is 0 Å². The first-order chi connectivity index (χ1) is 14.8. The molecular formula is C22H25FN4O4. The van der Waals surface area contributed by atoms with E-state index in [1.165, 1.54) is 30.3 Å². The molecule has 2 amide bonds. The molecule has 1 aliphatic rings. The van der Waals surface area contributed by atoms with Crippen LogP contribution in [-0.4, -0.2) is 53.9 Å². The average Bonchev–Trinajstić information content (AvgIpc) is 2.77. The Kier molecular flexibility index (Phi) is 6.84. The number of amides is 2. The van der Waals surface area contributed by atoms with E-state index in [4.69, 9.17) is 0 Å². The number of piperazine rings is 1. The molecule has 0 radical (unpaired) electrons. The zero-order valence-electron chi connectivity index (χ0n) is 17.5. The first-order valence-corrected chi connectivity index (χ1v) is 10.1. The largest absolute Gasteiger partial charge is 0.368 e. The maximum atomic E-state index is 13.9. The van der Waals surface area contributed by atoms with Crippen LogP contribution >= 0.6 is 0 Å². The number of non-ortho nitro benzene ring substituents is 1. The predicted molar refractivity (Wildman–Crippen MR) is 114 cm³/mol. The molecular weight excluding hydrogens is 403 g/mol. The van der Waals surface area contributed by atoms with Gasteiger partial charge in [-0.1, -0.05) is 26.0 Å². The Bertz CT molecular complexity index is 956. The van der Waals surface area contributed by atoms with Crippen LogP contribution in [0.1, 0.15) is 24.2 Å². The number of rotatable bonds is 6. The minimum atomic E-state index is -0.766. The zero-order chi connectivity index (χ0) is 22.5. The van der Waals surface area contributed by atoms with Gasteiger partial charge in [0.2, 0.25) is 5.91 Å². The van der Waals surface area contributed by atoms with Crippen LogP contribution in [0.3, 0.4) is 0 Å². The van der Waals surface area contributed by atoms with Crippen molar-refractivity contribution < 1.29 is 18.9 Å².